The summed E-state index contributed by atoms with van der Waals surface area (Å²) in [5.74, 6) is 1.18. The van der Waals surface area contributed by atoms with E-state index in [2.05, 4.69) is 45.3 Å². The number of anilines is 4. The number of nitrogens with one attached hydrogen (secondary N) is 2. The molecular weight excluding hydrogens is 414 g/mol. The van der Waals surface area contributed by atoms with Crippen molar-refractivity contribution in [2.45, 2.75) is 65.0 Å². The topological polar surface area (TPSA) is 90.0 Å². The highest BCUT2D eigenvalue weighted by atomic mass is 16.2. The molecule has 3 aromatic rings. The summed E-state index contributed by atoms with van der Waals surface area (Å²) < 4.78 is 0. The Morgan fingerprint density at radius 2 is 1.97 bits per heavy atom. The number of carbonyl (C=O) groups excluding carboxylic acids is 1. The fourth-order valence-electron chi connectivity index (χ4n) is 5.00. The van der Waals surface area contributed by atoms with Crippen LogP contribution in [0.25, 0.3) is 11.3 Å². The number of aromatic nitrogens is 4. The van der Waals surface area contributed by atoms with E-state index in [1.807, 2.05) is 39.1 Å². The number of hydrogen-bond donors (Lipinski definition) is 2. The lowest BCUT2D eigenvalue weighted by atomic mass is 9.81. The van der Waals surface area contributed by atoms with Gasteiger partial charge in [-0.25, -0.2) is 9.97 Å². The zero-order chi connectivity index (χ0) is 23.3. The lowest BCUT2D eigenvalue weighted by molar-refractivity contribution is -0.119. The van der Waals surface area contributed by atoms with Gasteiger partial charge in [-0.15, -0.1) is 0 Å². The first-order valence-electron chi connectivity index (χ1n) is 11.7. The van der Waals surface area contributed by atoms with E-state index < -0.39 is 0 Å². The van der Waals surface area contributed by atoms with Crippen LogP contribution in [-0.4, -0.2) is 45.2 Å². The predicted molar refractivity (Wildman–Crippen MR) is 131 cm³/mol. The molecule has 172 valence electrons. The molecule has 5 rings (SSSR count). The van der Waals surface area contributed by atoms with Crippen molar-refractivity contribution in [3.63, 3.8) is 0 Å². The molecule has 1 saturated carbocycles. The average Bonchev–Trinajstić information content (AvgIpc) is 3.11. The number of aromatic amines is 1. The summed E-state index contributed by atoms with van der Waals surface area (Å²) >= 11 is 0. The molecule has 8 heteroatoms. The molecule has 2 aliphatic rings. The molecule has 1 aliphatic carbocycles. The number of rotatable bonds is 5. The van der Waals surface area contributed by atoms with E-state index in [4.69, 9.17) is 4.98 Å². The Morgan fingerprint density at radius 1 is 1.18 bits per heavy atom. The zero-order valence-electron chi connectivity index (χ0n) is 19.9. The number of nitrogens with zero attached hydrogens (tertiary/aromatic N) is 5. The van der Waals surface area contributed by atoms with Gasteiger partial charge in [-0.05, 0) is 64.8 Å². The number of amides is 1. The standard InChI is InChI=1S/C25H31N7O/c1-14(2)32-16(4)24(33)31(5)20-10-9-18(13-21(20)32)27-25-26-12-11-19(28-25)22-15(3)29-30-23(22)17-7-6-8-17/h9-14,16-17H,6-8H2,1-5H3,(H,29,30)(H,26,27,28)/t16-/m1/s1. The van der Waals surface area contributed by atoms with E-state index in [9.17, 15) is 4.79 Å². The maximum Gasteiger partial charge on any atom is 0.249 e. The van der Waals surface area contributed by atoms with Crippen molar-refractivity contribution in [2.75, 3.05) is 22.2 Å². The van der Waals surface area contributed by atoms with Gasteiger partial charge in [0.2, 0.25) is 11.9 Å². The third kappa shape index (κ3) is 3.63. The Labute approximate surface area is 194 Å². The van der Waals surface area contributed by atoms with E-state index in [1.165, 1.54) is 25.0 Å². The van der Waals surface area contributed by atoms with Crippen molar-refractivity contribution in [2.24, 2.45) is 0 Å². The van der Waals surface area contributed by atoms with Gasteiger partial charge >= 0.3 is 0 Å². The number of H-pyrrole nitrogens is 1. The summed E-state index contributed by atoms with van der Waals surface area (Å²) in [6, 6.07) is 7.95. The molecule has 2 N–H and O–H groups in total. The van der Waals surface area contributed by atoms with E-state index in [0.717, 1.165) is 34.0 Å². The molecule has 0 unspecified atom stereocenters. The van der Waals surface area contributed by atoms with Crippen LogP contribution in [0.5, 0.6) is 0 Å². The SMILES string of the molecule is Cc1n[nH]c(C2CCC2)c1-c1ccnc(Nc2ccc3c(c2)N(C(C)C)[C@H](C)C(=O)N3C)n1. The predicted octanol–water partition coefficient (Wildman–Crippen LogP) is 4.77. The number of carbonyl (C=O) groups is 1. The van der Waals surface area contributed by atoms with Gasteiger partial charge in [0.15, 0.2) is 0 Å². The fourth-order valence-corrected chi connectivity index (χ4v) is 5.00. The highest BCUT2D eigenvalue weighted by Crippen LogP contribution is 2.41. The second-order valence-corrected chi connectivity index (χ2v) is 9.39. The molecular formula is C25H31N7O. The number of fused-ring (bicyclic) bond motifs is 1. The highest BCUT2D eigenvalue weighted by Gasteiger charge is 2.35. The summed E-state index contributed by atoms with van der Waals surface area (Å²) in [5.41, 5.74) is 6.94. The molecule has 1 aliphatic heterocycles. The van der Waals surface area contributed by atoms with Crippen LogP contribution in [0.3, 0.4) is 0 Å². The third-order valence-corrected chi connectivity index (χ3v) is 6.93. The number of aryl methyl sites for hydroxylation is 1. The van der Waals surface area contributed by atoms with E-state index in [1.54, 1.807) is 11.1 Å². The second-order valence-electron chi connectivity index (χ2n) is 9.39. The molecule has 2 aromatic heterocycles. The van der Waals surface area contributed by atoms with Crippen LogP contribution in [0.4, 0.5) is 23.0 Å². The monoisotopic (exact) mass is 445 g/mol. The van der Waals surface area contributed by atoms with Gasteiger partial charge in [0, 0.05) is 42.1 Å². The maximum absolute atomic E-state index is 12.7. The number of benzene rings is 1. The molecule has 1 fully saturated rings. The maximum atomic E-state index is 12.7. The van der Waals surface area contributed by atoms with Crippen LogP contribution < -0.4 is 15.1 Å². The Kier molecular flexibility index (Phi) is 5.31. The van der Waals surface area contributed by atoms with Crippen LogP contribution in [0.1, 0.15) is 57.3 Å². The van der Waals surface area contributed by atoms with Crippen molar-refractivity contribution in [3.05, 3.63) is 41.9 Å². The Balaban J connectivity index is 1.47. The van der Waals surface area contributed by atoms with Crippen molar-refractivity contribution in [1.29, 1.82) is 0 Å². The first kappa shape index (κ1) is 21.4. The van der Waals surface area contributed by atoms with Gasteiger partial charge < -0.3 is 15.1 Å². The lowest BCUT2D eigenvalue weighted by Gasteiger charge is -2.42. The molecule has 1 amide bonds. The minimum absolute atomic E-state index is 0.102. The largest absolute Gasteiger partial charge is 0.356 e. The van der Waals surface area contributed by atoms with Crippen molar-refractivity contribution < 1.29 is 4.79 Å². The molecule has 1 atom stereocenters. The quantitative estimate of drug-likeness (QED) is 0.588. The summed E-state index contributed by atoms with van der Waals surface area (Å²) in [4.78, 5) is 25.9. The normalized spacial score (nSPS) is 18.5. The molecule has 0 radical (unpaired) electrons. The van der Waals surface area contributed by atoms with Crippen LogP contribution in [0, 0.1) is 6.92 Å². The minimum atomic E-state index is -0.216. The molecule has 0 bridgehead atoms. The lowest BCUT2D eigenvalue weighted by Crippen LogP contribution is -2.53. The second kappa shape index (κ2) is 8.17. The summed E-state index contributed by atoms with van der Waals surface area (Å²) in [6.07, 6.45) is 5.45. The van der Waals surface area contributed by atoms with Gasteiger partial charge in [-0.1, -0.05) is 6.42 Å². The summed E-state index contributed by atoms with van der Waals surface area (Å²) in [6.45, 7) is 8.20. The van der Waals surface area contributed by atoms with Gasteiger partial charge in [0.25, 0.3) is 0 Å². The average molecular weight is 446 g/mol. The number of hydrogen-bond acceptors (Lipinski definition) is 6. The van der Waals surface area contributed by atoms with Crippen LogP contribution in [0.2, 0.25) is 0 Å². The molecule has 8 nitrogen and oxygen atoms in total. The Bertz CT molecular complexity index is 1200. The molecule has 0 saturated heterocycles. The van der Waals surface area contributed by atoms with Gasteiger partial charge in [-0.3, -0.25) is 9.89 Å². The first-order valence-corrected chi connectivity index (χ1v) is 11.7. The Morgan fingerprint density at radius 3 is 2.67 bits per heavy atom. The molecule has 33 heavy (non-hydrogen) atoms. The van der Waals surface area contributed by atoms with E-state index in [-0.39, 0.29) is 18.0 Å². The van der Waals surface area contributed by atoms with Crippen molar-refractivity contribution in [3.8, 4) is 11.3 Å². The smallest absolute Gasteiger partial charge is 0.249 e. The highest BCUT2D eigenvalue weighted by molar-refractivity contribution is 6.05. The number of likely N-dealkylation sites (N-methyl/N-ethyl adjacent to an activating group) is 1. The van der Waals surface area contributed by atoms with Gasteiger partial charge in [-0.2, -0.15) is 5.10 Å². The molecule has 3 heterocycles. The van der Waals surface area contributed by atoms with Crippen LogP contribution >= 0.6 is 0 Å². The minimum Gasteiger partial charge on any atom is -0.356 e. The van der Waals surface area contributed by atoms with Crippen molar-refractivity contribution in [1.82, 2.24) is 20.2 Å². The van der Waals surface area contributed by atoms with E-state index in [0.29, 0.717) is 11.9 Å². The van der Waals surface area contributed by atoms with Gasteiger partial charge in [0.1, 0.15) is 6.04 Å². The van der Waals surface area contributed by atoms with Crippen LogP contribution in [0.15, 0.2) is 30.5 Å². The molecule has 1 aromatic carbocycles. The Hall–Kier alpha value is -3.42. The van der Waals surface area contributed by atoms with Crippen molar-refractivity contribution >= 4 is 28.9 Å². The van der Waals surface area contributed by atoms with Crippen LogP contribution in [-0.2, 0) is 4.79 Å². The summed E-state index contributed by atoms with van der Waals surface area (Å²) in [5, 5.41) is 11.1. The fraction of sp³-hybridized carbons (Fsp3) is 0.440. The zero-order valence-corrected chi connectivity index (χ0v) is 19.9. The third-order valence-electron chi connectivity index (χ3n) is 6.93. The molecule has 0 spiro atoms. The van der Waals surface area contributed by atoms with Gasteiger partial charge in [0.05, 0.1) is 22.8 Å². The summed E-state index contributed by atoms with van der Waals surface area (Å²) in [7, 11) is 1.84. The van der Waals surface area contributed by atoms with E-state index >= 15 is 0 Å². The first-order chi connectivity index (χ1) is 15.8.